The van der Waals surface area contributed by atoms with Gasteiger partial charge >= 0.3 is 0 Å². The van der Waals surface area contributed by atoms with Crippen molar-refractivity contribution in [1.82, 2.24) is 0 Å². The Morgan fingerprint density at radius 2 is 1.45 bits per heavy atom. The van der Waals surface area contributed by atoms with E-state index in [2.05, 4.69) is 0 Å². The summed E-state index contributed by atoms with van der Waals surface area (Å²) in [5, 5.41) is 10.5. The smallest absolute Gasteiger partial charge is 0.182 e. The largest absolute Gasteiger partial charge is 0.493 e. The van der Waals surface area contributed by atoms with Gasteiger partial charge in [0.15, 0.2) is 28.8 Å². The lowest BCUT2D eigenvalue weighted by Gasteiger charge is -2.26. The fourth-order valence-corrected chi connectivity index (χ4v) is 2.92. The molecule has 0 fully saturated rings. The van der Waals surface area contributed by atoms with Crippen molar-refractivity contribution in [3.63, 3.8) is 0 Å². The summed E-state index contributed by atoms with van der Waals surface area (Å²) in [6.45, 7) is 0.148. The van der Waals surface area contributed by atoms with Gasteiger partial charge in [-0.25, -0.2) is 0 Å². The molecular formula is C21H28N2O6. The van der Waals surface area contributed by atoms with Crippen LogP contribution < -0.4 is 29.6 Å². The van der Waals surface area contributed by atoms with Crippen LogP contribution in [0.1, 0.15) is 10.4 Å². The summed E-state index contributed by atoms with van der Waals surface area (Å²) in [5.74, 6) is 1.70. The summed E-state index contributed by atoms with van der Waals surface area (Å²) >= 11 is 0. The lowest BCUT2D eigenvalue weighted by atomic mass is 9.99. The highest BCUT2D eigenvalue weighted by molar-refractivity contribution is 6.01. The van der Waals surface area contributed by atoms with Gasteiger partial charge in [-0.2, -0.15) is 0 Å². The lowest BCUT2D eigenvalue weighted by Crippen LogP contribution is -2.47. The van der Waals surface area contributed by atoms with Crippen LogP contribution in [0.25, 0.3) is 0 Å². The third kappa shape index (κ3) is 5.10. The van der Waals surface area contributed by atoms with E-state index >= 15 is 0 Å². The summed E-state index contributed by atoms with van der Waals surface area (Å²) in [6, 6.07) is 9.05. The fourth-order valence-electron chi connectivity index (χ4n) is 2.92. The molecule has 0 heterocycles. The maximum Gasteiger partial charge on any atom is 0.182 e. The maximum atomic E-state index is 12.7. The summed E-state index contributed by atoms with van der Waals surface area (Å²) in [4.78, 5) is 14.5. The van der Waals surface area contributed by atoms with E-state index in [-0.39, 0.29) is 12.3 Å². The summed E-state index contributed by atoms with van der Waals surface area (Å²) in [6.07, 6.45) is -1.09. The minimum absolute atomic E-state index is 0.148. The molecule has 0 saturated heterocycles. The average Bonchev–Trinajstić information content (AvgIpc) is 2.76. The van der Waals surface area contributed by atoms with Crippen LogP contribution in [0.4, 0.5) is 5.69 Å². The van der Waals surface area contributed by atoms with Gasteiger partial charge < -0.3 is 34.7 Å². The number of methoxy groups -OCH3 is 4. The first-order valence-electron chi connectivity index (χ1n) is 8.99. The number of rotatable bonds is 10. The molecule has 0 saturated carbocycles. The van der Waals surface area contributed by atoms with Crippen LogP contribution >= 0.6 is 0 Å². The van der Waals surface area contributed by atoms with Crippen molar-refractivity contribution in [3.05, 3.63) is 42.0 Å². The molecule has 0 aliphatic rings. The number of nitrogens with zero attached hydrogens (tertiary/aromatic N) is 1. The second-order valence-corrected chi connectivity index (χ2v) is 6.45. The first-order valence-corrected chi connectivity index (χ1v) is 8.99. The molecule has 8 heteroatoms. The number of likely N-dealkylation sites (N-methyl/N-ethyl adjacent to an activating group) is 1. The van der Waals surface area contributed by atoms with Crippen LogP contribution in [0.3, 0.4) is 0 Å². The number of Topliss-reactive ketones (excluding diaryl/α,β-unsaturated/α-hetero) is 1. The van der Waals surface area contributed by atoms with E-state index in [4.69, 9.17) is 24.7 Å². The van der Waals surface area contributed by atoms with Crippen molar-refractivity contribution in [3.8, 4) is 23.0 Å². The molecule has 0 bridgehead atoms. The first-order chi connectivity index (χ1) is 13.9. The normalized spacial score (nSPS) is 12.7. The molecule has 0 amide bonds. The number of anilines is 1. The van der Waals surface area contributed by atoms with Gasteiger partial charge in [-0.1, -0.05) is 0 Å². The SMILES string of the molecule is COc1ccc(C(=O)C(N)C(O)CN(C)c2ccc(OC)c(OC)c2)cc1OC. The minimum atomic E-state index is -1.10. The molecule has 29 heavy (non-hydrogen) atoms. The molecule has 0 radical (unpaired) electrons. The Bertz CT molecular complexity index is 842. The summed E-state index contributed by atoms with van der Waals surface area (Å²) < 4.78 is 20.9. The number of aliphatic hydroxyl groups is 1. The molecule has 2 aromatic carbocycles. The number of ketones is 1. The predicted octanol–water partition coefficient (Wildman–Crippen LogP) is 1.73. The summed E-state index contributed by atoms with van der Waals surface area (Å²) in [5.41, 5.74) is 7.16. The molecule has 0 spiro atoms. The predicted molar refractivity (Wildman–Crippen MR) is 111 cm³/mol. The Morgan fingerprint density at radius 3 is 2.00 bits per heavy atom. The lowest BCUT2D eigenvalue weighted by molar-refractivity contribution is 0.0830. The van der Waals surface area contributed by atoms with Crippen molar-refractivity contribution >= 4 is 11.5 Å². The highest BCUT2D eigenvalue weighted by Gasteiger charge is 2.26. The molecule has 2 aromatic rings. The zero-order chi connectivity index (χ0) is 21.6. The van der Waals surface area contributed by atoms with E-state index in [0.717, 1.165) is 5.69 Å². The van der Waals surface area contributed by atoms with E-state index in [0.29, 0.717) is 28.6 Å². The number of hydrogen-bond donors (Lipinski definition) is 2. The van der Waals surface area contributed by atoms with Crippen LogP contribution in [0.5, 0.6) is 23.0 Å². The van der Waals surface area contributed by atoms with Gasteiger partial charge in [0, 0.05) is 30.9 Å². The number of benzene rings is 2. The molecule has 2 rings (SSSR count). The van der Waals surface area contributed by atoms with E-state index < -0.39 is 12.1 Å². The second kappa shape index (κ2) is 9.99. The number of carbonyl (C=O) groups is 1. The quantitative estimate of drug-likeness (QED) is 0.577. The monoisotopic (exact) mass is 404 g/mol. The van der Waals surface area contributed by atoms with Crippen molar-refractivity contribution in [2.24, 2.45) is 5.73 Å². The maximum absolute atomic E-state index is 12.7. The van der Waals surface area contributed by atoms with E-state index in [1.165, 1.54) is 14.2 Å². The third-order valence-electron chi connectivity index (χ3n) is 4.65. The fraction of sp³-hybridized carbons (Fsp3) is 0.381. The standard InChI is InChI=1S/C21H28N2O6/c1-23(14-7-9-17(27-3)19(11-14)29-5)12-15(24)20(22)21(25)13-6-8-16(26-2)18(10-13)28-4/h6-11,15,20,24H,12,22H2,1-5H3. The molecule has 0 aliphatic carbocycles. The van der Waals surface area contributed by atoms with Gasteiger partial charge in [0.1, 0.15) is 0 Å². The van der Waals surface area contributed by atoms with Crippen LogP contribution in [0.15, 0.2) is 36.4 Å². The average molecular weight is 404 g/mol. The van der Waals surface area contributed by atoms with Crippen LogP contribution in [0, 0.1) is 0 Å². The topological polar surface area (TPSA) is 103 Å². The number of aliphatic hydroxyl groups excluding tert-OH is 1. The van der Waals surface area contributed by atoms with Crippen LogP contribution in [-0.2, 0) is 0 Å². The van der Waals surface area contributed by atoms with E-state index in [1.807, 2.05) is 6.07 Å². The van der Waals surface area contributed by atoms with Gasteiger partial charge in [0.25, 0.3) is 0 Å². The highest BCUT2D eigenvalue weighted by Crippen LogP contribution is 2.31. The first kappa shape index (κ1) is 22.3. The molecule has 3 N–H and O–H groups in total. The third-order valence-corrected chi connectivity index (χ3v) is 4.65. The Kier molecular flexibility index (Phi) is 7.69. The zero-order valence-corrected chi connectivity index (χ0v) is 17.3. The molecule has 8 nitrogen and oxygen atoms in total. The van der Waals surface area contributed by atoms with E-state index in [9.17, 15) is 9.90 Å². The molecule has 0 aliphatic heterocycles. The molecule has 0 aromatic heterocycles. The number of nitrogens with two attached hydrogens (primary N) is 1. The van der Waals surface area contributed by atoms with Gasteiger partial charge in [-0.15, -0.1) is 0 Å². The zero-order valence-electron chi connectivity index (χ0n) is 17.3. The van der Waals surface area contributed by atoms with Gasteiger partial charge in [0.05, 0.1) is 40.6 Å². The minimum Gasteiger partial charge on any atom is -0.493 e. The highest BCUT2D eigenvalue weighted by atomic mass is 16.5. The Balaban J connectivity index is 2.11. The van der Waals surface area contributed by atoms with Gasteiger partial charge in [-0.05, 0) is 30.3 Å². The Labute approximate surface area is 170 Å². The number of hydrogen-bond acceptors (Lipinski definition) is 8. The number of carbonyl (C=O) groups excluding carboxylic acids is 1. The van der Waals surface area contributed by atoms with E-state index in [1.54, 1.807) is 56.5 Å². The van der Waals surface area contributed by atoms with Crippen LogP contribution in [-0.4, -0.2) is 65.1 Å². The number of ether oxygens (including phenoxy) is 4. The second-order valence-electron chi connectivity index (χ2n) is 6.45. The Morgan fingerprint density at radius 1 is 0.931 bits per heavy atom. The van der Waals surface area contributed by atoms with Crippen molar-refractivity contribution < 1.29 is 28.8 Å². The van der Waals surface area contributed by atoms with Gasteiger partial charge in [0.2, 0.25) is 0 Å². The van der Waals surface area contributed by atoms with Crippen molar-refractivity contribution in [2.45, 2.75) is 12.1 Å². The van der Waals surface area contributed by atoms with Crippen LogP contribution in [0.2, 0.25) is 0 Å². The Hall–Kier alpha value is -2.97. The molecule has 2 atom stereocenters. The van der Waals surface area contributed by atoms with Gasteiger partial charge in [-0.3, -0.25) is 4.79 Å². The van der Waals surface area contributed by atoms with Crippen molar-refractivity contribution in [2.75, 3.05) is 46.9 Å². The molecule has 2 unspecified atom stereocenters. The van der Waals surface area contributed by atoms with Crippen molar-refractivity contribution in [1.29, 1.82) is 0 Å². The molecule has 158 valence electrons. The summed E-state index contributed by atoms with van der Waals surface area (Å²) in [7, 11) is 7.90. The molecular weight excluding hydrogens is 376 g/mol.